The zero-order chi connectivity index (χ0) is 25.3. The van der Waals surface area contributed by atoms with Gasteiger partial charge < -0.3 is 9.47 Å². The second kappa shape index (κ2) is 9.21. The van der Waals surface area contributed by atoms with Crippen LogP contribution in [0.3, 0.4) is 0 Å². The van der Waals surface area contributed by atoms with Crippen LogP contribution < -0.4 is 0 Å². The Bertz CT molecular complexity index is 1070. The van der Waals surface area contributed by atoms with Crippen LogP contribution in [-0.2, 0) is 23.9 Å². The van der Waals surface area contributed by atoms with E-state index in [1.54, 1.807) is 48.5 Å². The second-order valence-corrected chi connectivity index (χ2v) is 11.0. The lowest BCUT2D eigenvalue weighted by Crippen LogP contribution is -2.45. The van der Waals surface area contributed by atoms with E-state index >= 15 is 0 Å². The highest BCUT2D eigenvalue weighted by atomic mass is 16.6. The smallest absolute Gasteiger partial charge is 0.321 e. The molecule has 2 aromatic rings. The topological polar surface area (TPSA) is 69.7 Å². The molecule has 0 N–H and O–H groups in total. The Hall–Kier alpha value is -3.21. The molecule has 3 rings (SSSR count). The zero-order valence-electron chi connectivity index (χ0n) is 21.1. The predicted molar refractivity (Wildman–Crippen MR) is 133 cm³/mol. The monoisotopic (exact) mass is 462 g/mol. The summed E-state index contributed by atoms with van der Waals surface area (Å²) in [7, 11) is 0. The van der Waals surface area contributed by atoms with Crippen molar-refractivity contribution in [3.63, 3.8) is 0 Å². The van der Waals surface area contributed by atoms with Crippen molar-refractivity contribution in [3.05, 3.63) is 71.8 Å². The van der Waals surface area contributed by atoms with Crippen LogP contribution in [0.15, 0.2) is 60.7 Å². The first kappa shape index (κ1) is 25.4. The van der Waals surface area contributed by atoms with Crippen LogP contribution in [0.1, 0.15) is 66.0 Å². The molecule has 1 aliphatic carbocycles. The fourth-order valence-electron chi connectivity index (χ4n) is 4.51. The molecule has 0 fully saturated rings. The van der Waals surface area contributed by atoms with E-state index in [0.29, 0.717) is 11.1 Å². The fraction of sp³-hybridized carbons (Fsp3) is 0.414. The summed E-state index contributed by atoms with van der Waals surface area (Å²) in [5.74, 6) is -2.82. The Balaban J connectivity index is 2.27. The molecular formula is C29H34O5. The van der Waals surface area contributed by atoms with E-state index in [4.69, 9.17) is 9.47 Å². The van der Waals surface area contributed by atoms with Gasteiger partial charge in [-0.3, -0.25) is 14.4 Å². The predicted octanol–water partition coefficient (Wildman–Crippen LogP) is 5.88. The Labute approximate surface area is 202 Å². The summed E-state index contributed by atoms with van der Waals surface area (Å²) >= 11 is 0. The third-order valence-corrected chi connectivity index (χ3v) is 5.67. The van der Waals surface area contributed by atoms with Crippen LogP contribution >= 0.6 is 0 Å². The molecule has 0 saturated carbocycles. The maximum atomic E-state index is 13.5. The molecule has 0 heterocycles. The van der Waals surface area contributed by atoms with Gasteiger partial charge in [0.1, 0.15) is 11.2 Å². The maximum absolute atomic E-state index is 13.5. The third-order valence-electron chi connectivity index (χ3n) is 5.67. The number of rotatable bonds is 5. The van der Waals surface area contributed by atoms with E-state index in [1.807, 2.05) is 60.7 Å². The van der Waals surface area contributed by atoms with Crippen molar-refractivity contribution in [2.45, 2.75) is 66.1 Å². The average molecular weight is 463 g/mol. The number of benzene rings is 2. The molecule has 0 amide bonds. The molecule has 0 radical (unpaired) electrons. The summed E-state index contributed by atoms with van der Waals surface area (Å²) in [6, 6.07) is 18.8. The van der Waals surface area contributed by atoms with Crippen molar-refractivity contribution in [1.82, 2.24) is 0 Å². The molecule has 0 bridgehead atoms. The number of esters is 2. The number of hydrogen-bond donors (Lipinski definition) is 0. The molecular weight excluding hydrogens is 428 g/mol. The third kappa shape index (κ3) is 5.46. The molecule has 0 spiro atoms. The Morgan fingerprint density at radius 3 is 1.59 bits per heavy atom. The minimum Gasteiger partial charge on any atom is -0.459 e. The summed E-state index contributed by atoms with van der Waals surface area (Å²) in [5, 5.41) is 0. The Kier molecular flexibility index (Phi) is 6.88. The molecule has 34 heavy (non-hydrogen) atoms. The highest BCUT2D eigenvalue weighted by Crippen LogP contribution is 2.55. The number of carbonyl (C=O) groups is 3. The van der Waals surface area contributed by atoms with Gasteiger partial charge in [-0.25, -0.2) is 0 Å². The average Bonchev–Trinajstić information content (AvgIpc) is 2.97. The number of hydrogen-bond acceptors (Lipinski definition) is 5. The highest BCUT2D eigenvalue weighted by Gasteiger charge is 2.55. The fourth-order valence-corrected chi connectivity index (χ4v) is 4.51. The van der Waals surface area contributed by atoms with Gasteiger partial charge in [0.2, 0.25) is 0 Å². The standard InChI is InChI=1S/C29H34O5/c1-27(2,3)33-25(31)24(26(32)34-28(4,5)6)29(7)18-21(30)22(19-14-10-8-11-15-19)23(29)20-16-12-9-13-17-20/h8-17,24H,18H2,1-7H3. The minimum atomic E-state index is -1.31. The van der Waals surface area contributed by atoms with Gasteiger partial charge >= 0.3 is 11.9 Å². The lowest BCUT2D eigenvalue weighted by Gasteiger charge is -2.36. The van der Waals surface area contributed by atoms with Gasteiger partial charge in [-0.1, -0.05) is 67.6 Å². The summed E-state index contributed by atoms with van der Waals surface area (Å²) in [6.07, 6.45) is -0.00932. The Morgan fingerprint density at radius 2 is 1.18 bits per heavy atom. The molecule has 0 aromatic heterocycles. The van der Waals surface area contributed by atoms with E-state index in [1.165, 1.54) is 0 Å². The second-order valence-electron chi connectivity index (χ2n) is 11.0. The first-order valence-corrected chi connectivity index (χ1v) is 11.6. The van der Waals surface area contributed by atoms with Gasteiger partial charge in [0.15, 0.2) is 11.7 Å². The largest absolute Gasteiger partial charge is 0.459 e. The number of ketones is 1. The summed E-state index contributed by atoms with van der Waals surface area (Å²) in [4.78, 5) is 40.6. The van der Waals surface area contributed by atoms with Crippen LogP contribution in [0.5, 0.6) is 0 Å². The molecule has 2 aromatic carbocycles. The van der Waals surface area contributed by atoms with Crippen molar-refractivity contribution in [2.24, 2.45) is 11.3 Å². The van der Waals surface area contributed by atoms with E-state index in [0.717, 1.165) is 11.1 Å². The molecule has 0 saturated heterocycles. The van der Waals surface area contributed by atoms with Gasteiger partial charge in [0.05, 0.1) is 0 Å². The SMILES string of the molecule is CC(C)(C)OC(=O)C(C(=O)OC(C)(C)C)C1(C)CC(=O)C(c2ccccc2)=C1c1ccccc1. The van der Waals surface area contributed by atoms with Crippen molar-refractivity contribution in [2.75, 3.05) is 0 Å². The number of Topliss-reactive ketones (excluding diaryl/α,β-unsaturated/α-hetero) is 1. The van der Waals surface area contributed by atoms with Gasteiger partial charge in [0, 0.05) is 17.4 Å². The minimum absolute atomic E-state index is 0.00932. The first-order chi connectivity index (χ1) is 15.7. The number of ether oxygens (including phenoxy) is 2. The lowest BCUT2D eigenvalue weighted by atomic mass is 9.69. The summed E-state index contributed by atoms with van der Waals surface area (Å²) in [6.45, 7) is 12.3. The van der Waals surface area contributed by atoms with Crippen LogP contribution in [0.25, 0.3) is 11.1 Å². The molecule has 1 unspecified atom stereocenters. The molecule has 1 atom stereocenters. The van der Waals surface area contributed by atoms with Gasteiger partial charge in [-0.05, 0) is 58.2 Å². The molecule has 1 aliphatic rings. The Morgan fingerprint density at radius 1 is 0.765 bits per heavy atom. The highest BCUT2D eigenvalue weighted by molar-refractivity contribution is 6.33. The first-order valence-electron chi connectivity index (χ1n) is 11.6. The number of carbonyl (C=O) groups excluding carboxylic acids is 3. The van der Waals surface area contributed by atoms with Gasteiger partial charge in [-0.2, -0.15) is 0 Å². The van der Waals surface area contributed by atoms with Crippen molar-refractivity contribution in [3.8, 4) is 0 Å². The maximum Gasteiger partial charge on any atom is 0.321 e. The molecule has 180 valence electrons. The van der Waals surface area contributed by atoms with Crippen molar-refractivity contribution >= 4 is 28.9 Å². The van der Waals surface area contributed by atoms with E-state index in [9.17, 15) is 14.4 Å². The molecule has 5 nitrogen and oxygen atoms in total. The quantitative estimate of drug-likeness (QED) is 0.410. The molecule has 0 aliphatic heterocycles. The normalized spacial score (nSPS) is 18.9. The lowest BCUT2D eigenvalue weighted by molar-refractivity contribution is -0.179. The number of allylic oxidation sites excluding steroid dienone is 2. The van der Waals surface area contributed by atoms with E-state index < -0.39 is 34.5 Å². The summed E-state index contributed by atoms with van der Waals surface area (Å²) in [5.41, 5.74) is -0.0648. The van der Waals surface area contributed by atoms with Crippen LogP contribution in [0, 0.1) is 11.3 Å². The molecule has 5 heteroatoms. The van der Waals surface area contributed by atoms with Gasteiger partial charge in [-0.15, -0.1) is 0 Å². The van der Waals surface area contributed by atoms with Crippen molar-refractivity contribution in [1.29, 1.82) is 0 Å². The van der Waals surface area contributed by atoms with E-state index in [2.05, 4.69) is 0 Å². The van der Waals surface area contributed by atoms with Gasteiger partial charge in [0.25, 0.3) is 0 Å². The van der Waals surface area contributed by atoms with Crippen molar-refractivity contribution < 1.29 is 23.9 Å². The van der Waals surface area contributed by atoms with Crippen LogP contribution in [0.2, 0.25) is 0 Å². The van der Waals surface area contributed by atoms with Crippen LogP contribution in [0.4, 0.5) is 0 Å². The summed E-state index contributed by atoms with van der Waals surface area (Å²) < 4.78 is 11.4. The zero-order valence-corrected chi connectivity index (χ0v) is 21.1. The van der Waals surface area contributed by atoms with Crippen LogP contribution in [-0.4, -0.2) is 28.9 Å². The van der Waals surface area contributed by atoms with E-state index in [-0.39, 0.29) is 12.2 Å².